The van der Waals surface area contributed by atoms with Gasteiger partial charge in [0.15, 0.2) is 6.10 Å². The molecule has 0 aliphatic carbocycles. The van der Waals surface area contributed by atoms with Crippen molar-refractivity contribution in [2.45, 2.75) is 31.0 Å². The fourth-order valence-corrected chi connectivity index (χ4v) is 7.00. The molecule has 1 aromatic carbocycles. The van der Waals surface area contributed by atoms with Crippen LogP contribution < -0.4 is 21.7 Å². The molecule has 0 spiro atoms. The van der Waals surface area contributed by atoms with Crippen LogP contribution >= 0.6 is 22.7 Å². The summed E-state index contributed by atoms with van der Waals surface area (Å²) in [5.41, 5.74) is -1.73. The third kappa shape index (κ3) is 5.11. The maximum Gasteiger partial charge on any atom is 0.349 e. The van der Waals surface area contributed by atoms with Gasteiger partial charge in [-0.3, -0.25) is 0 Å². The molecule has 8 heteroatoms. The summed E-state index contributed by atoms with van der Waals surface area (Å²) in [5.74, 6) is 0.741. The Balaban J connectivity index is 0.00000274. The highest BCUT2D eigenvalue weighted by Crippen LogP contribution is 2.40. The predicted molar refractivity (Wildman–Crippen MR) is 131 cm³/mol. The van der Waals surface area contributed by atoms with Gasteiger partial charge in [-0.05, 0) is 35.0 Å². The first-order chi connectivity index (χ1) is 16.1. The highest BCUT2D eigenvalue weighted by Gasteiger charge is 2.51. The molecule has 3 fully saturated rings. The molecule has 3 aromatic rings. The third-order valence-corrected chi connectivity index (χ3v) is 9.10. The molecule has 3 saturated heterocycles. The van der Waals surface area contributed by atoms with Crippen molar-refractivity contribution in [3.05, 3.63) is 75.1 Å². The van der Waals surface area contributed by atoms with Crippen LogP contribution in [0.5, 0.6) is 5.75 Å². The minimum atomic E-state index is -1.73. The second kappa shape index (κ2) is 10.9. The highest BCUT2D eigenvalue weighted by molar-refractivity contribution is 7.12. The van der Waals surface area contributed by atoms with E-state index in [1.54, 1.807) is 0 Å². The van der Waals surface area contributed by atoms with Crippen molar-refractivity contribution in [1.29, 1.82) is 0 Å². The molecule has 1 atom stereocenters. The number of esters is 1. The topological polar surface area (TPSA) is 55.8 Å². The second-order valence-electron chi connectivity index (χ2n) is 9.16. The number of carbonyl (C=O) groups is 1. The number of nitrogens with zero attached hydrogens (tertiary/aromatic N) is 1. The average Bonchev–Trinajstić information content (AvgIpc) is 3.58. The van der Waals surface area contributed by atoms with Crippen LogP contribution in [0.4, 0.5) is 0 Å². The van der Waals surface area contributed by atoms with Gasteiger partial charge in [-0.2, -0.15) is 0 Å². The minimum absolute atomic E-state index is 0. The van der Waals surface area contributed by atoms with Crippen LogP contribution in [0, 0.1) is 5.92 Å². The van der Waals surface area contributed by atoms with Crippen LogP contribution in [0.25, 0.3) is 0 Å². The summed E-state index contributed by atoms with van der Waals surface area (Å²) >= 11 is 2.77. The van der Waals surface area contributed by atoms with E-state index in [0.717, 1.165) is 55.7 Å². The number of fused-ring (bicyclic) bond motifs is 3. The van der Waals surface area contributed by atoms with E-state index in [1.807, 2.05) is 65.4 Å². The lowest BCUT2D eigenvalue weighted by atomic mass is 9.83. The molecule has 0 radical (unpaired) electrons. The van der Waals surface area contributed by atoms with Crippen LogP contribution in [0.1, 0.15) is 29.0 Å². The Bertz CT molecular complexity index is 1000. The van der Waals surface area contributed by atoms with Gasteiger partial charge in [-0.1, -0.05) is 30.3 Å². The molecule has 0 saturated carbocycles. The lowest BCUT2D eigenvalue weighted by Gasteiger charge is -2.52. The molecule has 3 aliphatic rings. The summed E-state index contributed by atoms with van der Waals surface area (Å²) in [4.78, 5) is 14.7. The summed E-state index contributed by atoms with van der Waals surface area (Å²) in [6, 6.07) is 17.3. The number of quaternary nitrogens is 1. The molecule has 0 amide bonds. The van der Waals surface area contributed by atoms with Gasteiger partial charge >= 0.3 is 5.97 Å². The van der Waals surface area contributed by atoms with Crippen molar-refractivity contribution in [3.63, 3.8) is 0 Å². The lowest BCUT2D eigenvalue weighted by Crippen LogP contribution is -3.00. The van der Waals surface area contributed by atoms with E-state index < -0.39 is 11.6 Å². The Hall–Kier alpha value is -1.71. The molecule has 2 bridgehead atoms. The van der Waals surface area contributed by atoms with Gasteiger partial charge in [-0.15, -0.1) is 22.7 Å². The van der Waals surface area contributed by atoms with Crippen LogP contribution in [0.3, 0.4) is 0 Å². The molecular formula is C26H30BrNO4S2. The zero-order valence-electron chi connectivity index (χ0n) is 19.0. The van der Waals surface area contributed by atoms with Crippen LogP contribution in [0.2, 0.25) is 0 Å². The Morgan fingerprint density at radius 2 is 1.65 bits per heavy atom. The van der Waals surface area contributed by atoms with E-state index in [1.165, 1.54) is 22.7 Å². The number of hydrogen-bond donors (Lipinski definition) is 1. The fourth-order valence-electron chi connectivity index (χ4n) is 5.29. The van der Waals surface area contributed by atoms with E-state index in [4.69, 9.17) is 9.47 Å². The largest absolute Gasteiger partial charge is 1.00 e. The first kappa shape index (κ1) is 25.4. The van der Waals surface area contributed by atoms with Gasteiger partial charge in [0.2, 0.25) is 5.60 Å². The van der Waals surface area contributed by atoms with E-state index in [9.17, 15) is 9.90 Å². The highest BCUT2D eigenvalue weighted by atomic mass is 79.9. The van der Waals surface area contributed by atoms with E-state index >= 15 is 0 Å². The maximum atomic E-state index is 13.4. The van der Waals surface area contributed by atoms with Crippen molar-refractivity contribution in [3.8, 4) is 5.75 Å². The van der Waals surface area contributed by atoms with Gasteiger partial charge in [0.05, 0.1) is 36.0 Å². The predicted octanol–water partition coefficient (Wildman–Crippen LogP) is 1.67. The van der Waals surface area contributed by atoms with Crippen molar-refractivity contribution < 1.29 is 40.8 Å². The molecule has 1 N–H and O–H groups in total. The smallest absolute Gasteiger partial charge is 0.349 e. The van der Waals surface area contributed by atoms with E-state index in [0.29, 0.717) is 22.3 Å². The molecule has 5 nitrogen and oxygen atoms in total. The quantitative estimate of drug-likeness (QED) is 0.244. The van der Waals surface area contributed by atoms with Crippen LogP contribution in [0.15, 0.2) is 65.4 Å². The molecule has 34 heavy (non-hydrogen) atoms. The first-order valence-electron chi connectivity index (χ1n) is 11.6. The zero-order valence-corrected chi connectivity index (χ0v) is 22.2. The normalized spacial score (nSPS) is 23.8. The number of hydrogen-bond acceptors (Lipinski definition) is 6. The molecule has 6 rings (SSSR count). The number of para-hydroxylation sites is 1. The Morgan fingerprint density at radius 1 is 1.00 bits per heavy atom. The summed E-state index contributed by atoms with van der Waals surface area (Å²) in [6.07, 6.45) is 2.94. The van der Waals surface area contributed by atoms with E-state index in [2.05, 4.69) is 0 Å². The van der Waals surface area contributed by atoms with Crippen molar-refractivity contribution in [2.75, 3.05) is 32.8 Å². The van der Waals surface area contributed by atoms with Crippen molar-refractivity contribution in [1.82, 2.24) is 0 Å². The Labute approximate surface area is 219 Å². The minimum Gasteiger partial charge on any atom is -1.00 e. The molecule has 3 aliphatic heterocycles. The van der Waals surface area contributed by atoms with Crippen LogP contribution in [-0.4, -0.2) is 54.4 Å². The number of halogens is 1. The van der Waals surface area contributed by atoms with Gasteiger partial charge in [0.1, 0.15) is 12.3 Å². The standard InChI is InChI=1S/C26H30NO4S2.BrH/c28-25(26(29,23-9-4-17-32-23)24-10-5-18-33-24)31-22-19-27(14-11-20(22)12-15-27)13-6-16-30-21-7-2-1-3-8-21;/h1-5,7-10,17-18,20,22,29H,6,11-16,19H2;1H/q+1;/p-1. The summed E-state index contributed by atoms with van der Waals surface area (Å²) < 4.78 is 13.0. The van der Waals surface area contributed by atoms with Gasteiger partial charge < -0.3 is 36.0 Å². The van der Waals surface area contributed by atoms with Gasteiger partial charge in [-0.25, -0.2) is 4.79 Å². The average molecular weight is 565 g/mol. The fraction of sp³-hybridized carbons (Fsp3) is 0.423. The zero-order chi connectivity index (χ0) is 22.7. The molecule has 2 aromatic heterocycles. The van der Waals surface area contributed by atoms with Gasteiger partial charge in [0.25, 0.3) is 0 Å². The summed E-state index contributed by atoms with van der Waals surface area (Å²) in [5, 5.41) is 15.3. The number of benzene rings is 1. The Morgan fingerprint density at radius 3 is 2.24 bits per heavy atom. The van der Waals surface area contributed by atoms with Crippen molar-refractivity contribution in [2.24, 2.45) is 5.92 Å². The van der Waals surface area contributed by atoms with Crippen molar-refractivity contribution >= 4 is 28.6 Å². The number of ether oxygens (including phenoxy) is 2. The SMILES string of the molecule is O=C(OC1C[N+]2(CCCOc3ccccc3)CCC1CC2)C(O)(c1cccs1)c1cccs1.[Br-]. The third-order valence-electron chi connectivity index (χ3n) is 7.14. The monoisotopic (exact) mass is 563 g/mol. The number of rotatable bonds is 9. The number of piperidine rings is 3. The number of carbonyl (C=O) groups excluding carboxylic acids is 1. The summed E-state index contributed by atoms with van der Waals surface area (Å²) in [7, 11) is 0. The lowest BCUT2D eigenvalue weighted by molar-refractivity contribution is -0.946. The van der Waals surface area contributed by atoms with Crippen LogP contribution in [-0.2, 0) is 15.1 Å². The Kier molecular flexibility index (Phi) is 8.15. The maximum absolute atomic E-state index is 13.4. The molecular weight excluding hydrogens is 534 g/mol. The van der Waals surface area contributed by atoms with E-state index in [-0.39, 0.29) is 23.1 Å². The molecule has 1 unspecified atom stereocenters. The molecule has 5 heterocycles. The second-order valence-corrected chi connectivity index (χ2v) is 11.1. The molecule has 182 valence electrons. The number of aliphatic hydroxyl groups is 1. The summed E-state index contributed by atoms with van der Waals surface area (Å²) in [6.45, 7) is 4.79. The number of thiophene rings is 2. The van der Waals surface area contributed by atoms with Gasteiger partial charge in [0, 0.05) is 25.2 Å². The first-order valence-corrected chi connectivity index (χ1v) is 13.4.